The molecule has 166 valence electrons. The molecule has 2 N–H and O–H groups in total. The molecule has 0 bridgehead atoms. The minimum absolute atomic E-state index is 0.158. The topological polar surface area (TPSA) is 85.5 Å². The molecule has 32 heavy (non-hydrogen) atoms. The van der Waals surface area contributed by atoms with Gasteiger partial charge >= 0.3 is 0 Å². The van der Waals surface area contributed by atoms with Gasteiger partial charge in [0.2, 0.25) is 5.91 Å². The second-order valence-electron chi connectivity index (χ2n) is 8.27. The van der Waals surface area contributed by atoms with Gasteiger partial charge in [0.05, 0.1) is 5.92 Å². The molecule has 0 saturated carbocycles. The maximum Gasteiger partial charge on any atom is 0.263 e. The zero-order valence-electron chi connectivity index (χ0n) is 18.2. The molecule has 4 rings (SSSR count). The normalized spacial score (nSPS) is 17.2. The van der Waals surface area contributed by atoms with E-state index in [-0.39, 0.29) is 17.7 Å². The number of carbonyl (C=O) groups is 2. The van der Waals surface area contributed by atoms with Gasteiger partial charge in [0.15, 0.2) is 6.10 Å². The van der Waals surface area contributed by atoms with Gasteiger partial charge in [-0.15, -0.1) is 0 Å². The van der Waals surface area contributed by atoms with E-state index in [0.29, 0.717) is 30.4 Å². The number of hydrogen-bond donors (Lipinski definition) is 1. The van der Waals surface area contributed by atoms with Crippen LogP contribution in [0.2, 0.25) is 5.15 Å². The van der Waals surface area contributed by atoms with Gasteiger partial charge < -0.3 is 15.4 Å². The molecular weight excluding hydrogens is 426 g/mol. The van der Waals surface area contributed by atoms with E-state index >= 15 is 0 Å². The number of ether oxygens (including phenoxy) is 1. The standard InChI is InChI=1S/C25H26ClN3O3/c1-15-6-3-4-8-19(15)22-13-28-23(26)21-12-18(9-10-20(21)22)32-16(2)25(31)29-11-5-7-17(14-29)24(27)30/h3-4,6,8-10,12-13,16-17H,5,7,11,14H2,1-2H3,(H2,27,30)/t16-,17+/m1/s1. The van der Waals surface area contributed by atoms with Gasteiger partial charge in [0.25, 0.3) is 5.91 Å². The Labute approximate surface area is 192 Å². The Balaban J connectivity index is 1.58. The van der Waals surface area contributed by atoms with Gasteiger partial charge in [-0.05, 0) is 61.4 Å². The number of fused-ring (bicyclic) bond motifs is 1. The van der Waals surface area contributed by atoms with Crippen LogP contribution in [0.15, 0.2) is 48.7 Å². The van der Waals surface area contributed by atoms with E-state index in [4.69, 9.17) is 22.1 Å². The number of amides is 2. The number of carbonyl (C=O) groups excluding carboxylic acids is 2. The summed E-state index contributed by atoms with van der Waals surface area (Å²) >= 11 is 6.41. The van der Waals surface area contributed by atoms with Crippen molar-refractivity contribution in [3.05, 3.63) is 59.4 Å². The first-order valence-electron chi connectivity index (χ1n) is 10.7. The number of pyridine rings is 1. The summed E-state index contributed by atoms with van der Waals surface area (Å²) < 4.78 is 5.96. The van der Waals surface area contributed by atoms with E-state index in [1.54, 1.807) is 18.0 Å². The summed E-state index contributed by atoms with van der Waals surface area (Å²) in [6.45, 7) is 4.71. The fraction of sp³-hybridized carbons (Fsp3) is 0.320. The smallest absolute Gasteiger partial charge is 0.263 e. The summed E-state index contributed by atoms with van der Waals surface area (Å²) in [5, 5.41) is 2.10. The lowest BCUT2D eigenvalue weighted by atomic mass is 9.97. The van der Waals surface area contributed by atoms with Crippen LogP contribution in [0, 0.1) is 12.8 Å². The van der Waals surface area contributed by atoms with Gasteiger partial charge in [-0.25, -0.2) is 4.98 Å². The number of halogens is 1. The Morgan fingerprint density at radius 3 is 2.72 bits per heavy atom. The Morgan fingerprint density at radius 2 is 1.97 bits per heavy atom. The van der Waals surface area contributed by atoms with Crippen LogP contribution >= 0.6 is 11.6 Å². The van der Waals surface area contributed by atoms with Gasteiger partial charge in [0.1, 0.15) is 10.9 Å². The molecule has 0 aliphatic carbocycles. The van der Waals surface area contributed by atoms with Crippen LogP contribution in [-0.2, 0) is 9.59 Å². The third kappa shape index (κ3) is 4.41. The van der Waals surface area contributed by atoms with Crippen molar-refractivity contribution in [3.8, 4) is 16.9 Å². The summed E-state index contributed by atoms with van der Waals surface area (Å²) in [5.41, 5.74) is 8.66. The van der Waals surface area contributed by atoms with E-state index < -0.39 is 6.10 Å². The number of rotatable bonds is 5. The number of aryl methyl sites for hydroxylation is 1. The van der Waals surface area contributed by atoms with Crippen molar-refractivity contribution in [3.63, 3.8) is 0 Å². The van der Waals surface area contributed by atoms with Crippen LogP contribution in [-0.4, -0.2) is 40.9 Å². The predicted molar refractivity (Wildman–Crippen MR) is 126 cm³/mol. The molecule has 6 nitrogen and oxygen atoms in total. The highest BCUT2D eigenvalue weighted by molar-refractivity contribution is 6.34. The van der Waals surface area contributed by atoms with Gasteiger partial charge in [0, 0.05) is 30.2 Å². The van der Waals surface area contributed by atoms with Crippen molar-refractivity contribution in [1.82, 2.24) is 9.88 Å². The van der Waals surface area contributed by atoms with E-state index in [9.17, 15) is 9.59 Å². The molecule has 0 spiro atoms. The second-order valence-corrected chi connectivity index (χ2v) is 8.63. The Morgan fingerprint density at radius 1 is 1.19 bits per heavy atom. The quantitative estimate of drug-likeness (QED) is 0.584. The third-order valence-electron chi connectivity index (χ3n) is 6.04. The van der Waals surface area contributed by atoms with E-state index in [0.717, 1.165) is 33.9 Å². The van der Waals surface area contributed by atoms with Crippen molar-refractivity contribution in [2.24, 2.45) is 11.7 Å². The molecule has 2 atom stereocenters. The number of likely N-dealkylation sites (tertiary alicyclic amines) is 1. The Kier molecular flexibility index (Phi) is 6.33. The fourth-order valence-electron chi connectivity index (χ4n) is 4.27. The van der Waals surface area contributed by atoms with Crippen molar-refractivity contribution in [2.75, 3.05) is 13.1 Å². The average molecular weight is 452 g/mol. The lowest BCUT2D eigenvalue weighted by Gasteiger charge is -2.33. The summed E-state index contributed by atoms with van der Waals surface area (Å²) in [5.74, 6) is -0.288. The number of nitrogens with two attached hydrogens (primary N) is 1. The molecule has 2 aromatic carbocycles. The molecule has 1 aliphatic heterocycles. The minimum Gasteiger partial charge on any atom is -0.481 e. The summed E-state index contributed by atoms with van der Waals surface area (Å²) in [4.78, 5) is 30.4. The number of piperidine rings is 1. The Hall–Kier alpha value is -3.12. The van der Waals surface area contributed by atoms with Crippen LogP contribution in [0.1, 0.15) is 25.3 Å². The number of nitrogens with zero attached hydrogens (tertiary/aromatic N) is 2. The largest absolute Gasteiger partial charge is 0.481 e. The molecule has 2 amide bonds. The Bertz CT molecular complexity index is 1180. The summed E-state index contributed by atoms with van der Waals surface area (Å²) in [7, 11) is 0. The van der Waals surface area contributed by atoms with E-state index in [1.165, 1.54) is 0 Å². The van der Waals surface area contributed by atoms with Crippen LogP contribution in [0.5, 0.6) is 5.75 Å². The maximum absolute atomic E-state index is 12.9. The lowest BCUT2D eigenvalue weighted by molar-refractivity contribution is -0.141. The van der Waals surface area contributed by atoms with Gasteiger partial charge in [-0.2, -0.15) is 0 Å². The van der Waals surface area contributed by atoms with Crippen LogP contribution in [0.4, 0.5) is 0 Å². The first-order chi connectivity index (χ1) is 15.3. The zero-order valence-corrected chi connectivity index (χ0v) is 18.9. The van der Waals surface area contributed by atoms with Crippen molar-refractivity contribution in [1.29, 1.82) is 0 Å². The number of primary amides is 1. The third-order valence-corrected chi connectivity index (χ3v) is 6.34. The number of hydrogen-bond acceptors (Lipinski definition) is 4. The zero-order chi connectivity index (χ0) is 22.8. The van der Waals surface area contributed by atoms with Crippen LogP contribution in [0.25, 0.3) is 21.9 Å². The average Bonchev–Trinajstić information content (AvgIpc) is 2.80. The predicted octanol–water partition coefficient (Wildman–Crippen LogP) is 4.35. The molecule has 0 unspecified atom stereocenters. The molecular formula is C25H26ClN3O3. The van der Waals surface area contributed by atoms with Crippen molar-refractivity contribution < 1.29 is 14.3 Å². The fourth-order valence-corrected chi connectivity index (χ4v) is 4.48. The second kappa shape index (κ2) is 9.17. The number of benzene rings is 2. The molecule has 1 saturated heterocycles. The highest BCUT2D eigenvalue weighted by Gasteiger charge is 2.30. The van der Waals surface area contributed by atoms with Crippen LogP contribution < -0.4 is 10.5 Å². The molecule has 1 aliphatic rings. The molecule has 2 heterocycles. The van der Waals surface area contributed by atoms with Crippen LogP contribution in [0.3, 0.4) is 0 Å². The monoisotopic (exact) mass is 451 g/mol. The molecule has 3 aromatic rings. The first-order valence-corrected chi connectivity index (χ1v) is 11.1. The highest BCUT2D eigenvalue weighted by atomic mass is 35.5. The SMILES string of the molecule is Cc1ccccc1-c1cnc(Cl)c2cc(O[C@H](C)C(=O)N3CCC[C@H](C(N)=O)C3)ccc12. The van der Waals surface area contributed by atoms with Gasteiger partial charge in [-0.3, -0.25) is 9.59 Å². The summed E-state index contributed by atoms with van der Waals surface area (Å²) in [6.07, 6.45) is 2.55. The molecule has 7 heteroatoms. The van der Waals surface area contributed by atoms with Crippen molar-refractivity contribution >= 4 is 34.2 Å². The molecule has 1 aromatic heterocycles. The van der Waals surface area contributed by atoms with Gasteiger partial charge in [-0.1, -0.05) is 35.9 Å². The molecule has 0 radical (unpaired) electrons. The van der Waals surface area contributed by atoms with E-state index in [2.05, 4.69) is 24.0 Å². The highest BCUT2D eigenvalue weighted by Crippen LogP contribution is 2.35. The summed E-state index contributed by atoms with van der Waals surface area (Å²) in [6, 6.07) is 13.7. The minimum atomic E-state index is -0.703. The first kappa shape index (κ1) is 22.1. The van der Waals surface area contributed by atoms with Crippen molar-refractivity contribution in [2.45, 2.75) is 32.8 Å². The maximum atomic E-state index is 12.9. The lowest BCUT2D eigenvalue weighted by Crippen LogP contribution is -2.48. The number of aromatic nitrogens is 1. The van der Waals surface area contributed by atoms with E-state index in [1.807, 2.05) is 30.3 Å². The molecule has 1 fully saturated rings.